The number of ether oxygens (including phenoxy) is 1. The van der Waals surface area contributed by atoms with Gasteiger partial charge in [0.1, 0.15) is 5.75 Å². The number of halogens is 1. The van der Waals surface area contributed by atoms with Gasteiger partial charge in [0, 0.05) is 32.1 Å². The molecule has 2 fully saturated rings. The Morgan fingerprint density at radius 1 is 1.19 bits per heavy atom. The van der Waals surface area contributed by atoms with Gasteiger partial charge in [-0.05, 0) is 62.8 Å². The predicted octanol–water partition coefficient (Wildman–Crippen LogP) is 3.25. The maximum Gasteiger partial charge on any atom is 0.221 e. The van der Waals surface area contributed by atoms with E-state index in [2.05, 4.69) is 34.5 Å². The average molecular weight is 396 g/mol. The molecule has 0 aromatic heterocycles. The van der Waals surface area contributed by atoms with Crippen LogP contribution in [0.25, 0.3) is 0 Å². The van der Waals surface area contributed by atoms with E-state index in [1.54, 1.807) is 0 Å². The zero-order valence-corrected chi connectivity index (χ0v) is 17.0. The highest BCUT2D eigenvalue weighted by Gasteiger charge is 2.23. The van der Waals surface area contributed by atoms with Crippen LogP contribution in [0, 0.1) is 0 Å². The summed E-state index contributed by atoms with van der Waals surface area (Å²) < 4.78 is 6.15. The van der Waals surface area contributed by atoms with Crippen molar-refractivity contribution in [2.75, 3.05) is 19.6 Å². The van der Waals surface area contributed by atoms with Gasteiger partial charge >= 0.3 is 0 Å². The van der Waals surface area contributed by atoms with Gasteiger partial charge in [-0.1, -0.05) is 18.6 Å². The van der Waals surface area contributed by atoms with Crippen LogP contribution in [0.4, 0.5) is 0 Å². The molecule has 1 saturated heterocycles. The Labute approximate surface area is 169 Å². The fraction of sp³-hybridized carbons (Fsp3) is 0.667. The number of hydrogen-bond donors (Lipinski definition) is 2. The summed E-state index contributed by atoms with van der Waals surface area (Å²) >= 11 is 0. The van der Waals surface area contributed by atoms with Crippen molar-refractivity contribution in [3.8, 4) is 5.75 Å². The molecule has 0 spiro atoms. The molecule has 0 bridgehead atoms. The van der Waals surface area contributed by atoms with E-state index in [4.69, 9.17) is 10.5 Å². The number of benzene rings is 1. The Bertz CT molecular complexity index is 578. The van der Waals surface area contributed by atoms with Crippen molar-refractivity contribution < 1.29 is 9.53 Å². The van der Waals surface area contributed by atoms with E-state index in [1.807, 2.05) is 0 Å². The topological polar surface area (TPSA) is 67.6 Å². The van der Waals surface area contributed by atoms with Crippen molar-refractivity contribution in [2.24, 2.45) is 5.73 Å². The van der Waals surface area contributed by atoms with E-state index >= 15 is 0 Å². The number of hydrogen-bond acceptors (Lipinski definition) is 4. The largest absolute Gasteiger partial charge is 0.490 e. The van der Waals surface area contributed by atoms with Crippen molar-refractivity contribution in [3.63, 3.8) is 0 Å². The molecule has 0 radical (unpaired) electrons. The minimum Gasteiger partial charge on any atom is -0.490 e. The number of nitrogens with one attached hydrogen (secondary N) is 1. The lowest BCUT2D eigenvalue weighted by atomic mass is 10.0. The number of nitrogens with zero attached hydrogens (tertiary/aromatic N) is 1. The Hall–Kier alpha value is -1.30. The molecule has 1 amide bonds. The fourth-order valence-corrected chi connectivity index (χ4v) is 4.10. The second-order valence-electron chi connectivity index (χ2n) is 7.63. The molecule has 1 aromatic rings. The third kappa shape index (κ3) is 6.98. The standard InChI is InChI=1S/C21H33N3O2.ClH/c22-12-11-21(25)23-15-18-7-3-4-13-24(18)16-17-6-5-10-20(14-17)26-19-8-1-2-9-19;/h5-6,10,14,18-19H,1-4,7-9,11-13,15-16,22H2,(H,23,25);1H. The van der Waals surface area contributed by atoms with Gasteiger partial charge in [0.25, 0.3) is 0 Å². The van der Waals surface area contributed by atoms with Crippen molar-refractivity contribution in [2.45, 2.75) is 70.1 Å². The van der Waals surface area contributed by atoms with E-state index in [9.17, 15) is 4.79 Å². The van der Waals surface area contributed by atoms with E-state index in [0.29, 0.717) is 25.1 Å². The fourth-order valence-electron chi connectivity index (χ4n) is 4.10. The summed E-state index contributed by atoms with van der Waals surface area (Å²) in [5.41, 5.74) is 6.75. The molecule has 1 saturated carbocycles. The van der Waals surface area contributed by atoms with Crippen molar-refractivity contribution in [1.29, 1.82) is 0 Å². The Kier molecular flexibility index (Phi) is 9.39. The van der Waals surface area contributed by atoms with Gasteiger partial charge in [-0.2, -0.15) is 0 Å². The molecule has 6 heteroatoms. The second-order valence-corrected chi connectivity index (χ2v) is 7.63. The summed E-state index contributed by atoms with van der Waals surface area (Å²) in [7, 11) is 0. The van der Waals surface area contributed by atoms with Crippen LogP contribution in [0.2, 0.25) is 0 Å². The summed E-state index contributed by atoms with van der Waals surface area (Å²) in [5, 5.41) is 3.04. The lowest BCUT2D eigenvalue weighted by Crippen LogP contribution is -2.46. The van der Waals surface area contributed by atoms with Crippen molar-refractivity contribution in [1.82, 2.24) is 10.2 Å². The van der Waals surface area contributed by atoms with Crippen LogP contribution in [-0.4, -0.2) is 42.6 Å². The molecule has 1 atom stereocenters. The maximum absolute atomic E-state index is 11.7. The van der Waals surface area contributed by atoms with Crippen LogP contribution in [0.1, 0.15) is 56.9 Å². The smallest absolute Gasteiger partial charge is 0.221 e. The van der Waals surface area contributed by atoms with Gasteiger partial charge in [-0.15, -0.1) is 12.4 Å². The van der Waals surface area contributed by atoms with Crippen LogP contribution in [0.15, 0.2) is 24.3 Å². The van der Waals surface area contributed by atoms with Gasteiger partial charge < -0.3 is 15.8 Å². The molecule has 2 aliphatic rings. The van der Waals surface area contributed by atoms with Crippen molar-refractivity contribution >= 4 is 18.3 Å². The van der Waals surface area contributed by atoms with Gasteiger partial charge in [-0.25, -0.2) is 0 Å². The van der Waals surface area contributed by atoms with Crippen LogP contribution in [0.5, 0.6) is 5.75 Å². The molecule has 152 valence electrons. The Balaban J connectivity index is 0.00000261. The minimum atomic E-state index is 0. The molecule has 1 aliphatic heterocycles. The Morgan fingerprint density at radius 2 is 1.96 bits per heavy atom. The average Bonchev–Trinajstić information content (AvgIpc) is 3.15. The quantitative estimate of drug-likeness (QED) is 0.709. The van der Waals surface area contributed by atoms with Crippen molar-refractivity contribution in [3.05, 3.63) is 29.8 Å². The highest BCUT2D eigenvalue weighted by Crippen LogP contribution is 2.26. The molecule has 1 unspecified atom stereocenters. The van der Waals surface area contributed by atoms with E-state index in [-0.39, 0.29) is 18.3 Å². The monoisotopic (exact) mass is 395 g/mol. The summed E-state index contributed by atoms with van der Waals surface area (Å²) in [4.78, 5) is 14.2. The number of nitrogens with two attached hydrogens (primary N) is 1. The third-order valence-corrected chi connectivity index (χ3v) is 5.54. The lowest BCUT2D eigenvalue weighted by Gasteiger charge is -2.36. The normalized spacial score (nSPS) is 20.9. The highest BCUT2D eigenvalue weighted by atomic mass is 35.5. The zero-order valence-electron chi connectivity index (χ0n) is 16.2. The molecule has 1 aromatic carbocycles. The van der Waals surface area contributed by atoms with E-state index < -0.39 is 0 Å². The SMILES string of the molecule is Cl.NCCC(=O)NCC1CCCCN1Cc1cccc(OC2CCCC2)c1. The van der Waals surface area contributed by atoms with E-state index in [0.717, 1.165) is 31.8 Å². The summed E-state index contributed by atoms with van der Waals surface area (Å²) in [6, 6.07) is 8.95. The lowest BCUT2D eigenvalue weighted by molar-refractivity contribution is -0.121. The molecule has 3 rings (SSSR count). The second kappa shape index (κ2) is 11.5. The molecular weight excluding hydrogens is 362 g/mol. The summed E-state index contributed by atoms with van der Waals surface area (Å²) in [5.74, 6) is 1.06. The van der Waals surface area contributed by atoms with Gasteiger partial charge in [-0.3, -0.25) is 9.69 Å². The molecule has 27 heavy (non-hydrogen) atoms. The first kappa shape index (κ1) is 22.0. The molecule has 3 N–H and O–H groups in total. The van der Waals surface area contributed by atoms with Gasteiger partial charge in [0.15, 0.2) is 0 Å². The van der Waals surface area contributed by atoms with Crippen LogP contribution in [0.3, 0.4) is 0 Å². The minimum absolute atomic E-state index is 0. The highest BCUT2D eigenvalue weighted by molar-refractivity contribution is 5.85. The molecular formula is C21H34ClN3O2. The van der Waals surface area contributed by atoms with Gasteiger partial charge in [0.2, 0.25) is 5.91 Å². The predicted molar refractivity (Wildman–Crippen MR) is 111 cm³/mol. The number of rotatable bonds is 8. The molecule has 1 heterocycles. The number of amides is 1. The number of carbonyl (C=O) groups is 1. The molecule has 5 nitrogen and oxygen atoms in total. The van der Waals surface area contributed by atoms with Crippen LogP contribution >= 0.6 is 12.4 Å². The number of carbonyl (C=O) groups excluding carboxylic acids is 1. The van der Waals surface area contributed by atoms with Crippen LogP contribution in [-0.2, 0) is 11.3 Å². The first-order chi connectivity index (χ1) is 12.7. The zero-order chi connectivity index (χ0) is 18.2. The first-order valence-electron chi connectivity index (χ1n) is 10.2. The third-order valence-electron chi connectivity index (χ3n) is 5.54. The van der Waals surface area contributed by atoms with Gasteiger partial charge in [0.05, 0.1) is 6.10 Å². The summed E-state index contributed by atoms with van der Waals surface area (Å²) in [6.07, 6.45) is 9.34. The van der Waals surface area contributed by atoms with E-state index in [1.165, 1.54) is 44.1 Å². The molecule has 1 aliphatic carbocycles. The summed E-state index contributed by atoms with van der Waals surface area (Å²) in [6.45, 7) is 3.13. The Morgan fingerprint density at radius 3 is 2.74 bits per heavy atom. The number of piperidine rings is 1. The first-order valence-corrected chi connectivity index (χ1v) is 10.2. The number of likely N-dealkylation sites (tertiary alicyclic amines) is 1. The maximum atomic E-state index is 11.7. The van der Waals surface area contributed by atoms with Crippen LogP contribution < -0.4 is 15.8 Å².